The number of carbonyl (C=O) groups is 1. The number of nitrogens with one attached hydrogen (secondary N) is 1. The zero-order chi connectivity index (χ0) is 66.2. The number of aliphatic hydroxyl groups is 1. The van der Waals surface area contributed by atoms with Gasteiger partial charge in [0.2, 0.25) is 5.91 Å². The zero-order valence-corrected chi connectivity index (χ0v) is 62.0. The van der Waals surface area contributed by atoms with Gasteiger partial charge in [-0.1, -0.05) is 388 Å². The van der Waals surface area contributed by atoms with Crippen molar-refractivity contribution in [1.29, 1.82) is 0 Å². The van der Waals surface area contributed by atoms with Gasteiger partial charge in [0.05, 0.1) is 39.9 Å². The fraction of sp³-hybridized carbons (Fsp3) is 0.817. The first kappa shape index (κ1) is 88.7. The molecule has 0 aromatic heterocycles. The molecule has 3 atom stereocenters. The van der Waals surface area contributed by atoms with Crippen LogP contribution >= 0.6 is 7.82 Å². The van der Waals surface area contributed by atoms with Crippen molar-refractivity contribution in [3.8, 4) is 0 Å². The Balaban J connectivity index is 3.95. The van der Waals surface area contributed by atoms with E-state index in [1.54, 1.807) is 6.08 Å². The lowest BCUT2D eigenvalue weighted by molar-refractivity contribution is -0.870. The molecule has 0 spiro atoms. The van der Waals surface area contributed by atoms with E-state index in [0.717, 1.165) is 77.0 Å². The average molecular weight is 1300 g/mol. The van der Waals surface area contributed by atoms with Crippen LogP contribution in [0.15, 0.2) is 85.1 Å². The summed E-state index contributed by atoms with van der Waals surface area (Å²) < 4.78 is 23.9. The first-order chi connectivity index (χ1) is 44.5. The van der Waals surface area contributed by atoms with Gasteiger partial charge in [-0.3, -0.25) is 13.8 Å². The fourth-order valence-electron chi connectivity index (χ4n) is 11.8. The van der Waals surface area contributed by atoms with Gasteiger partial charge in [-0.15, -0.1) is 0 Å². The Morgan fingerprint density at radius 1 is 0.385 bits per heavy atom. The van der Waals surface area contributed by atoms with Gasteiger partial charge < -0.3 is 19.8 Å². The number of aliphatic hydroxyl groups excluding tert-OH is 1. The Morgan fingerprint density at radius 2 is 0.659 bits per heavy atom. The van der Waals surface area contributed by atoms with Crippen molar-refractivity contribution in [2.45, 2.75) is 392 Å². The lowest BCUT2D eigenvalue weighted by Gasteiger charge is -2.25. The number of hydrogen-bond donors (Lipinski definition) is 3. The minimum Gasteiger partial charge on any atom is -0.387 e. The molecule has 0 heterocycles. The Kier molecular flexibility index (Phi) is 70.1. The molecule has 0 aliphatic heterocycles. The second kappa shape index (κ2) is 72.0. The van der Waals surface area contributed by atoms with Gasteiger partial charge in [0.15, 0.2) is 0 Å². The number of phosphoric ester groups is 1. The van der Waals surface area contributed by atoms with Crippen molar-refractivity contribution in [2.75, 3.05) is 40.9 Å². The molecule has 3 unspecified atom stereocenters. The van der Waals surface area contributed by atoms with E-state index in [4.69, 9.17) is 9.05 Å². The van der Waals surface area contributed by atoms with Crippen molar-refractivity contribution in [3.05, 3.63) is 85.1 Å². The van der Waals surface area contributed by atoms with E-state index in [0.29, 0.717) is 17.4 Å². The standard InChI is InChI=1S/C82H153N2O6P/c1-6-8-10-12-14-16-18-20-22-24-26-28-30-32-34-36-37-38-39-40-41-42-43-44-45-46-47-48-50-52-54-56-58-60-62-64-66-68-70-72-74-76-82(86)83-80(79-90-91(87,88)89-78-77-84(3,4)5)81(85)75-73-71-69-67-65-63-61-59-57-55-53-51-49-35-33-31-29-27-25-23-21-19-17-15-13-11-9-7-2/h8,10,14,16,20,22,26,28,32,34,37-38,73,75,80-81,85H,6-7,9,11-13,15,17-19,21,23-25,27,29-31,33,35-36,39-72,74,76-79H2,1-5H3,(H-,83,86,87,88)/p+1/b10-8-,16-14-,22-20-,28-26-,34-32-,38-37-,75-73+. The predicted molar refractivity (Wildman–Crippen MR) is 401 cm³/mol. The van der Waals surface area contributed by atoms with Crippen LogP contribution in [0.4, 0.5) is 0 Å². The van der Waals surface area contributed by atoms with Crippen molar-refractivity contribution < 1.29 is 32.9 Å². The van der Waals surface area contributed by atoms with Crippen molar-refractivity contribution in [1.82, 2.24) is 5.32 Å². The molecule has 0 fully saturated rings. The molecule has 9 heteroatoms. The van der Waals surface area contributed by atoms with Gasteiger partial charge in [-0.25, -0.2) is 4.57 Å². The SMILES string of the molecule is CC/C=C\C/C=C\C/C=C\C/C=C\C/C=C\C/C=C\CCCCCCCCCCCCCCCCCCCCCCCCC(=O)NC(COP(=O)(O)OCC[N+](C)(C)C)C(O)/C=C/CCCCCCCCCCCCCCCCCCCCCCCCCCCC. The minimum atomic E-state index is -4.36. The zero-order valence-electron chi connectivity index (χ0n) is 61.1. The lowest BCUT2D eigenvalue weighted by atomic mass is 10.0. The van der Waals surface area contributed by atoms with E-state index in [1.807, 2.05) is 27.2 Å². The maximum absolute atomic E-state index is 13.1. The molecule has 0 saturated heterocycles. The largest absolute Gasteiger partial charge is 0.472 e. The highest BCUT2D eigenvalue weighted by Crippen LogP contribution is 2.43. The number of amides is 1. The number of likely N-dealkylation sites (N-methyl/N-ethyl adjacent to an activating group) is 1. The molecule has 0 saturated carbocycles. The smallest absolute Gasteiger partial charge is 0.387 e. The van der Waals surface area contributed by atoms with Gasteiger partial charge in [-0.05, 0) is 70.6 Å². The van der Waals surface area contributed by atoms with Crippen LogP contribution in [0.25, 0.3) is 0 Å². The maximum Gasteiger partial charge on any atom is 0.472 e. The first-order valence-corrected chi connectivity index (χ1v) is 41.0. The molecule has 532 valence electrons. The summed E-state index contributed by atoms with van der Waals surface area (Å²) in [5.74, 6) is -0.170. The Morgan fingerprint density at radius 3 is 0.967 bits per heavy atom. The van der Waals surface area contributed by atoms with Gasteiger partial charge in [0.25, 0.3) is 0 Å². The number of phosphoric acid groups is 1. The summed E-state index contributed by atoms with van der Waals surface area (Å²) in [6.45, 7) is 4.75. The van der Waals surface area contributed by atoms with E-state index in [1.165, 1.54) is 283 Å². The number of unbranched alkanes of at least 4 members (excludes halogenated alkanes) is 48. The van der Waals surface area contributed by atoms with Crippen LogP contribution < -0.4 is 5.32 Å². The van der Waals surface area contributed by atoms with Gasteiger partial charge in [0.1, 0.15) is 13.2 Å². The Hall–Kier alpha value is -2.32. The van der Waals surface area contributed by atoms with Crippen LogP contribution in [0.1, 0.15) is 380 Å². The third-order valence-electron chi connectivity index (χ3n) is 17.9. The number of allylic oxidation sites excluding steroid dienone is 13. The Bertz CT molecular complexity index is 1760. The van der Waals surface area contributed by atoms with Crippen molar-refractivity contribution in [2.24, 2.45) is 0 Å². The number of carbonyl (C=O) groups excluding carboxylic acids is 1. The second-order valence-electron chi connectivity index (χ2n) is 28.1. The lowest BCUT2D eigenvalue weighted by Crippen LogP contribution is -2.45. The van der Waals surface area contributed by atoms with E-state index in [9.17, 15) is 19.4 Å². The van der Waals surface area contributed by atoms with Crippen LogP contribution in [0.3, 0.4) is 0 Å². The molecule has 1 amide bonds. The Labute approximate surface area is 567 Å². The maximum atomic E-state index is 13.1. The number of rotatable bonds is 73. The highest BCUT2D eigenvalue weighted by atomic mass is 31.2. The number of nitrogens with zero attached hydrogens (tertiary/aromatic N) is 1. The third-order valence-corrected chi connectivity index (χ3v) is 18.9. The average Bonchev–Trinajstić information content (AvgIpc) is 3.59. The van der Waals surface area contributed by atoms with Crippen LogP contribution in [0.2, 0.25) is 0 Å². The van der Waals surface area contributed by atoms with Gasteiger partial charge >= 0.3 is 7.82 Å². The molecule has 0 aliphatic rings. The molecule has 91 heavy (non-hydrogen) atoms. The summed E-state index contributed by atoms with van der Waals surface area (Å²) in [5.41, 5.74) is 0. The van der Waals surface area contributed by atoms with Gasteiger partial charge in [0, 0.05) is 6.42 Å². The summed E-state index contributed by atoms with van der Waals surface area (Å²) in [6, 6.07) is -0.850. The molecular weight excluding hydrogens is 1140 g/mol. The monoisotopic (exact) mass is 1290 g/mol. The van der Waals surface area contributed by atoms with Crippen molar-refractivity contribution in [3.63, 3.8) is 0 Å². The van der Waals surface area contributed by atoms with Crippen molar-refractivity contribution >= 4 is 13.7 Å². The molecular formula is C82H154N2O6P+. The summed E-state index contributed by atoms with van der Waals surface area (Å²) in [7, 11) is 1.59. The van der Waals surface area contributed by atoms with Crippen LogP contribution in [0, 0.1) is 0 Å². The summed E-state index contributed by atoms with van der Waals surface area (Å²) in [4.78, 5) is 23.5. The second-order valence-corrected chi connectivity index (χ2v) is 29.5. The summed E-state index contributed by atoms with van der Waals surface area (Å²) >= 11 is 0. The minimum absolute atomic E-state index is 0.0619. The quantitative estimate of drug-likeness (QED) is 0.0243. The topological polar surface area (TPSA) is 105 Å². The third kappa shape index (κ3) is 74.9. The van der Waals surface area contributed by atoms with Crippen LogP contribution in [-0.4, -0.2) is 73.4 Å². The van der Waals surface area contributed by atoms with E-state index in [-0.39, 0.29) is 19.1 Å². The highest BCUT2D eigenvalue weighted by Gasteiger charge is 2.28. The van der Waals surface area contributed by atoms with Crippen LogP contribution in [-0.2, 0) is 18.4 Å². The number of hydrogen-bond acceptors (Lipinski definition) is 5. The molecule has 8 nitrogen and oxygen atoms in total. The van der Waals surface area contributed by atoms with E-state index in [2.05, 4.69) is 92.1 Å². The molecule has 0 aliphatic carbocycles. The summed E-state index contributed by atoms with van der Waals surface area (Å²) in [6.07, 6.45) is 103. The first-order valence-electron chi connectivity index (χ1n) is 39.5. The highest BCUT2D eigenvalue weighted by molar-refractivity contribution is 7.47. The van der Waals surface area contributed by atoms with E-state index >= 15 is 0 Å². The molecule has 0 bridgehead atoms. The normalized spacial score (nSPS) is 14.0. The molecule has 0 aromatic rings. The van der Waals surface area contributed by atoms with Gasteiger partial charge in [-0.2, -0.15) is 0 Å². The van der Waals surface area contributed by atoms with E-state index < -0.39 is 20.0 Å². The van der Waals surface area contributed by atoms with Crippen LogP contribution in [0.5, 0.6) is 0 Å². The number of quaternary nitrogens is 1. The molecule has 3 N–H and O–H groups in total. The fourth-order valence-corrected chi connectivity index (χ4v) is 12.6. The molecule has 0 rings (SSSR count). The predicted octanol–water partition coefficient (Wildman–Crippen LogP) is 25.8. The molecule has 0 aromatic carbocycles. The summed E-state index contributed by atoms with van der Waals surface area (Å²) in [5, 5.41) is 14.1. The molecule has 0 radical (unpaired) electrons.